The summed E-state index contributed by atoms with van der Waals surface area (Å²) in [6.45, 7) is 5.08. The van der Waals surface area contributed by atoms with Gasteiger partial charge in [0.05, 0.1) is 12.5 Å². The first-order chi connectivity index (χ1) is 7.81. The van der Waals surface area contributed by atoms with Gasteiger partial charge in [0.25, 0.3) is 0 Å². The summed E-state index contributed by atoms with van der Waals surface area (Å²) in [6, 6.07) is 9.90. The number of hydrogen-bond donors (Lipinski definition) is 0. The molecule has 0 spiro atoms. The Kier molecular flexibility index (Phi) is 5.55. The predicted octanol–water partition coefficient (Wildman–Crippen LogP) is 2.82. The molecule has 0 unspecified atom stereocenters. The molecule has 0 bridgehead atoms. The Bertz CT molecular complexity index is 351. The summed E-state index contributed by atoms with van der Waals surface area (Å²) in [5, 5.41) is 8.64. The lowest BCUT2D eigenvalue weighted by atomic mass is 10.1. The van der Waals surface area contributed by atoms with Gasteiger partial charge in [-0.25, -0.2) is 0 Å². The van der Waals surface area contributed by atoms with E-state index in [-0.39, 0.29) is 6.29 Å². The van der Waals surface area contributed by atoms with Crippen molar-refractivity contribution in [2.24, 2.45) is 0 Å². The Morgan fingerprint density at radius 2 is 1.94 bits per heavy atom. The Labute approximate surface area is 96.6 Å². The van der Waals surface area contributed by atoms with Crippen LogP contribution in [0.2, 0.25) is 0 Å². The number of rotatable bonds is 6. The molecule has 0 saturated heterocycles. The molecule has 0 amide bonds. The third-order valence-electron chi connectivity index (χ3n) is 2.14. The molecule has 0 N–H and O–H groups in total. The number of hydrogen-bond acceptors (Lipinski definition) is 3. The van der Waals surface area contributed by atoms with E-state index in [2.05, 4.69) is 6.07 Å². The molecule has 0 atom stereocenters. The molecule has 86 valence electrons. The first-order valence-corrected chi connectivity index (χ1v) is 5.50. The molecule has 0 aliphatic heterocycles. The second-order valence-corrected chi connectivity index (χ2v) is 3.32. The Balaban J connectivity index is 2.82. The van der Waals surface area contributed by atoms with Crippen LogP contribution in [0.4, 0.5) is 0 Å². The van der Waals surface area contributed by atoms with E-state index >= 15 is 0 Å². The summed E-state index contributed by atoms with van der Waals surface area (Å²) in [4.78, 5) is 0. The van der Waals surface area contributed by atoms with Crippen molar-refractivity contribution >= 4 is 0 Å². The van der Waals surface area contributed by atoms with Crippen LogP contribution in [0.1, 0.15) is 31.3 Å². The molecule has 0 saturated carbocycles. The van der Waals surface area contributed by atoms with Crippen LogP contribution in [0.15, 0.2) is 24.3 Å². The van der Waals surface area contributed by atoms with Gasteiger partial charge in [0.1, 0.15) is 0 Å². The molecular formula is C13H17NO2. The van der Waals surface area contributed by atoms with Crippen molar-refractivity contribution in [3.63, 3.8) is 0 Å². The SMILES string of the molecule is CCOC(OCC)c1cccc(CC#N)c1. The van der Waals surface area contributed by atoms with Gasteiger partial charge in [-0.05, 0) is 25.5 Å². The molecule has 16 heavy (non-hydrogen) atoms. The lowest BCUT2D eigenvalue weighted by molar-refractivity contribution is -0.140. The quantitative estimate of drug-likeness (QED) is 0.691. The van der Waals surface area contributed by atoms with Crippen LogP contribution < -0.4 is 0 Å². The molecule has 0 aromatic heterocycles. The van der Waals surface area contributed by atoms with Gasteiger partial charge in [-0.15, -0.1) is 0 Å². The first-order valence-electron chi connectivity index (χ1n) is 5.50. The minimum absolute atomic E-state index is 0.325. The average molecular weight is 219 g/mol. The molecule has 1 rings (SSSR count). The summed E-state index contributed by atoms with van der Waals surface area (Å²) < 4.78 is 11.0. The highest BCUT2D eigenvalue weighted by Gasteiger charge is 2.11. The smallest absolute Gasteiger partial charge is 0.183 e. The van der Waals surface area contributed by atoms with Crippen LogP contribution in [0.25, 0.3) is 0 Å². The molecule has 0 fully saturated rings. The third-order valence-corrected chi connectivity index (χ3v) is 2.14. The number of ether oxygens (including phenoxy) is 2. The van der Waals surface area contributed by atoms with E-state index in [9.17, 15) is 0 Å². The fourth-order valence-electron chi connectivity index (χ4n) is 1.48. The predicted molar refractivity (Wildman–Crippen MR) is 61.8 cm³/mol. The zero-order chi connectivity index (χ0) is 11.8. The van der Waals surface area contributed by atoms with Crippen molar-refractivity contribution in [2.45, 2.75) is 26.6 Å². The van der Waals surface area contributed by atoms with Gasteiger partial charge in [-0.2, -0.15) is 5.26 Å². The second kappa shape index (κ2) is 7.00. The minimum Gasteiger partial charge on any atom is -0.349 e. The number of benzene rings is 1. The number of nitriles is 1. The van der Waals surface area contributed by atoms with Gasteiger partial charge in [-0.1, -0.05) is 18.2 Å². The maximum absolute atomic E-state index is 8.64. The summed E-state index contributed by atoms with van der Waals surface area (Å²) >= 11 is 0. The summed E-state index contributed by atoms with van der Waals surface area (Å²) in [5.74, 6) is 0. The van der Waals surface area contributed by atoms with Gasteiger partial charge >= 0.3 is 0 Å². The molecule has 0 radical (unpaired) electrons. The lowest BCUT2D eigenvalue weighted by Gasteiger charge is -2.17. The second-order valence-electron chi connectivity index (χ2n) is 3.32. The Hall–Kier alpha value is -1.37. The van der Waals surface area contributed by atoms with Crippen molar-refractivity contribution in [3.8, 4) is 6.07 Å². The van der Waals surface area contributed by atoms with E-state index in [0.29, 0.717) is 19.6 Å². The van der Waals surface area contributed by atoms with Crippen molar-refractivity contribution in [2.75, 3.05) is 13.2 Å². The van der Waals surface area contributed by atoms with Gasteiger partial charge < -0.3 is 9.47 Å². The molecule has 3 nitrogen and oxygen atoms in total. The summed E-state index contributed by atoms with van der Waals surface area (Å²) in [7, 11) is 0. The van der Waals surface area contributed by atoms with Crippen LogP contribution in [-0.2, 0) is 15.9 Å². The van der Waals surface area contributed by atoms with E-state index in [1.54, 1.807) is 0 Å². The van der Waals surface area contributed by atoms with Gasteiger partial charge in [-0.3, -0.25) is 0 Å². The van der Waals surface area contributed by atoms with E-state index in [1.807, 2.05) is 38.1 Å². The zero-order valence-electron chi connectivity index (χ0n) is 9.77. The highest BCUT2D eigenvalue weighted by atomic mass is 16.7. The average Bonchev–Trinajstić information content (AvgIpc) is 2.30. The van der Waals surface area contributed by atoms with Gasteiger partial charge in [0.15, 0.2) is 6.29 Å². The monoisotopic (exact) mass is 219 g/mol. The maximum atomic E-state index is 8.64. The molecule has 0 heterocycles. The Morgan fingerprint density at radius 1 is 1.25 bits per heavy atom. The molecule has 1 aromatic carbocycles. The van der Waals surface area contributed by atoms with E-state index in [1.165, 1.54) is 0 Å². The van der Waals surface area contributed by atoms with Crippen LogP contribution in [0.5, 0.6) is 0 Å². The third kappa shape index (κ3) is 3.65. The van der Waals surface area contributed by atoms with E-state index in [4.69, 9.17) is 14.7 Å². The highest BCUT2D eigenvalue weighted by Crippen LogP contribution is 2.20. The lowest BCUT2D eigenvalue weighted by Crippen LogP contribution is -2.09. The standard InChI is InChI=1S/C13H17NO2/c1-3-15-13(16-4-2)12-7-5-6-11(10-12)8-9-14/h5-7,10,13H,3-4,8H2,1-2H3. The zero-order valence-corrected chi connectivity index (χ0v) is 9.77. The van der Waals surface area contributed by atoms with Gasteiger partial charge in [0.2, 0.25) is 0 Å². The van der Waals surface area contributed by atoms with E-state index < -0.39 is 0 Å². The van der Waals surface area contributed by atoms with Crippen molar-refractivity contribution < 1.29 is 9.47 Å². The molecular weight excluding hydrogens is 202 g/mol. The topological polar surface area (TPSA) is 42.2 Å². The normalized spacial score (nSPS) is 10.4. The van der Waals surface area contributed by atoms with Crippen molar-refractivity contribution in [1.29, 1.82) is 5.26 Å². The van der Waals surface area contributed by atoms with Crippen LogP contribution in [-0.4, -0.2) is 13.2 Å². The largest absolute Gasteiger partial charge is 0.349 e. The summed E-state index contributed by atoms with van der Waals surface area (Å²) in [6.07, 6.45) is 0.0902. The van der Waals surface area contributed by atoms with Crippen molar-refractivity contribution in [1.82, 2.24) is 0 Å². The van der Waals surface area contributed by atoms with Crippen LogP contribution in [0.3, 0.4) is 0 Å². The fourth-order valence-corrected chi connectivity index (χ4v) is 1.48. The van der Waals surface area contributed by atoms with Crippen LogP contribution >= 0.6 is 0 Å². The molecule has 0 aliphatic carbocycles. The number of nitrogens with zero attached hydrogens (tertiary/aromatic N) is 1. The van der Waals surface area contributed by atoms with Gasteiger partial charge in [0, 0.05) is 18.8 Å². The minimum atomic E-state index is -0.325. The van der Waals surface area contributed by atoms with Crippen LogP contribution in [0, 0.1) is 11.3 Å². The molecule has 3 heteroatoms. The molecule has 0 aliphatic rings. The van der Waals surface area contributed by atoms with E-state index in [0.717, 1.165) is 11.1 Å². The Morgan fingerprint density at radius 3 is 2.50 bits per heavy atom. The molecule has 1 aromatic rings. The first kappa shape index (κ1) is 12.7. The maximum Gasteiger partial charge on any atom is 0.183 e. The fraction of sp³-hybridized carbons (Fsp3) is 0.462. The summed E-state index contributed by atoms with van der Waals surface area (Å²) in [5.41, 5.74) is 1.96. The van der Waals surface area contributed by atoms with Crippen molar-refractivity contribution in [3.05, 3.63) is 35.4 Å². The highest BCUT2D eigenvalue weighted by molar-refractivity contribution is 5.26.